The molecular formula is C20H16N2. The molecule has 4 rings (SSSR count). The highest BCUT2D eigenvalue weighted by molar-refractivity contribution is 5.87. The summed E-state index contributed by atoms with van der Waals surface area (Å²) in [5.41, 5.74) is 6.10. The molecule has 2 heteroatoms. The molecule has 0 saturated heterocycles. The Morgan fingerprint density at radius 3 is 2.64 bits per heavy atom. The van der Waals surface area contributed by atoms with Crippen LogP contribution in [-0.4, -0.2) is 9.55 Å². The quantitative estimate of drug-likeness (QED) is 0.506. The predicted octanol–water partition coefficient (Wildman–Crippen LogP) is 5.00. The van der Waals surface area contributed by atoms with Crippen LogP contribution in [0.1, 0.15) is 5.56 Å². The Morgan fingerprint density at radius 2 is 1.82 bits per heavy atom. The molecule has 0 atom stereocenters. The van der Waals surface area contributed by atoms with Crippen molar-refractivity contribution in [2.45, 2.75) is 6.92 Å². The van der Waals surface area contributed by atoms with Crippen molar-refractivity contribution >= 4 is 10.9 Å². The van der Waals surface area contributed by atoms with Crippen LogP contribution in [0.15, 0.2) is 79.3 Å². The summed E-state index contributed by atoms with van der Waals surface area (Å²) in [6, 6.07) is 21.3. The van der Waals surface area contributed by atoms with Gasteiger partial charge in [0.2, 0.25) is 0 Å². The van der Waals surface area contributed by atoms with Crippen molar-refractivity contribution in [3.8, 4) is 16.8 Å². The second-order valence-electron chi connectivity index (χ2n) is 5.49. The molecule has 2 nitrogen and oxygen atoms in total. The van der Waals surface area contributed by atoms with E-state index >= 15 is 0 Å². The van der Waals surface area contributed by atoms with Crippen LogP contribution in [0.25, 0.3) is 27.7 Å². The molecule has 0 amide bonds. The summed E-state index contributed by atoms with van der Waals surface area (Å²) in [6.07, 6.45) is 5.79. The maximum Gasteiger partial charge on any atom is 0.0639 e. The van der Waals surface area contributed by atoms with Gasteiger partial charge in [0.1, 0.15) is 0 Å². The minimum absolute atomic E-state index is 1.08. The second kappa shape index (κ2) is 5.15. The lowest BCUT2D eigenvalue weighted by Gasteiger charge is -2.08. The largest absolute Gasteiger partial charge is 0.315 e. The van der Waals surface area contributed by atoms with Gasteiger partial charge in [-0.25, -0.2) is 0 Å². The van der Waals surface area contributed by atoms with Gasteiger partial charge < -0.3 is 4.57 Å². The number of aromatic nitrogens is 2. The van der Waals surface area contributed by atoms with E-state index in [2.05, 4.69) is 77.3 Å². The number of hydrogen-bond donors (Lipinski definition) is 0. The van der Waals surface area contributed by atoms with Crippen molar-refractivity contribution in [2.24, 2.45) is 0 Å². The maximum absolute atomic E-state index is 4.22. The molecule has 0 fully saturated rings. The van der Waals surface area contributed by atoms with E-state index in [1.807, 2.05) is 12.3 Å². The summed E-state index contributed by atoms with van der Waals surface area (Å²) < 4.78 is 2.18. The van der Waals surface area contributed by atoms with Crippen molar-refractivity contribution in [3.05, 3.63) is 84.8 Å². The second-order valence-corrected chi connectivity index (χ2v) is 5.49. The van der Waals surface area contributed by atoms with Crippen molar-refractivity contribution in [3.63, 3.8) is 0 Å². The zero-order valence-corrected chi connectivity index (χ0v) is 12.4. The van der Waals surface area contributed by atoms with Gasteiger partial charge in [0.25, 0.3) is 0 Å². The fraction of sp³-hybridized carbons (Fsp3) is 0.0500. The normalized spacial score (nSPS) is 11.0. The minimum atomic E-state index is 1.08. The van der Waals surface area contributed by atoms with E-state index in [-0.39, 0.29) is 0 Å². The monoisotopic (exact) mass is 284 g/mol. The molecule has 0 unspecified atom stereocenters. The van der Waals surface area contributed by atoms with Gasteiger partial charge in [0.15, 0.2) is 0 Å². The van der Waals surface area contributed by atoms with Crippen molar-refractivity contribution in [2.75, 3.05) is 0 Å². The standard InChI is InChI=1S/C20H16N2/c1-15-5-2-3-7-19(15)17-9-8-16-10-12-22(20(16)13-17)18-6-4-11-21-14-18/h2-14H,1H3. The topological polar surface area (TPSA) is 17.8 Å². The lowest BCUT2D eigenvalue weighted by molar-refractivity contribution is 1.10. The molecule has 2 heterocycles. The molecule has 0 aliphatic carbocycles. The molecule has 2 aromatic carbocycles. The van der Waals surface area contributed by atoms with Gasteiger partial charge >= 0.3 is 0 Å². The molecule has 0 aliphatic rings. The molecule has 0 bridgehead atoms. The Hall–Kier alpha value is -2.87. The van der Waals surface area contributed by atoms with E-state index < -0.39 is 0 Å². The summed E-state index contributed by atoms with van der Waals surface area (Å²) in [7, 11) is 0. The van der Waals surface area contributed by atoms with E-state index in [0.29, 0.717) is 0 Å². The first-order valence-corrected chi connectivity index (χ1v) is 7.40. The average Bonchev–Trinajstić information content (AvgIpc) is 2.99. The third-order valence-corrected chi connectivity index (χ3v) is 4.07. The molecule has 0 N–H and O–H groups in total. The highest BCUT2D eigenvalue weighted by atomic mass is 15.0. The van der Waals surface area contributed by atoms with E-state index in [4.69, 9.17) is 0 Å². The third kappa shape index (κ3) is 2.09. The number of hydrogen-bond acceptors (Lipinski definition) is 1. The Kier molecular flexibility index (Phi) is 3.01. The highest BCUT2D eigenvalue weighted by Gasteiger charge is 2.07. The van der Waals surface area contributed by atoms with Crippen LogP contribution < -0.4 is 0 Å². The van der Waals surface area contributed by atoms with Crippen molar-refractivity contribution in [1.29, 1.82) is 0 Å². The number of pyridine rings is 1. The van der Waals surface area contributed by atoms with E-state index in [9.17, 15) is 0 Å². The number of benzene rings is 2. The SMILES string of the molecule is Cc1ccccc1-c1ccc2ccn(-c3cccnc3)c2c1. The van der Waals surface area contributed by atoms with Crippen LogP contribution in [0.5, 0.6) is 0 Å². The van der Waals surface area contributed by atoms with E-state index in [1.165, 1.54) is 27.6 Å². The van der Waals surface area contributed by atoms with Gasteiger partial charge in [-0.3, -0.25) is 4.98 Å². The summed E-state index contributed by atoms with van der Waals surface area (Å²) >= 11 is 0. The Morgan fingerprint density at radius 1 is 0.909 bits per heavy atom. The first-order valence-electron chi connectivity index (χ1n) is 7.40. The molecule has 22 heavy (non-hydrogen) atoms. The van der Waals surface area contributed by atoms with E-state index in [1.54, 1.807) is 6.20 Å². The molecule has 4 aromatic rings. The molecular weight excluding hydrogens is 268 g/mol. The molecule has 106 valence electrons. The van der Waals surface area contributed by atoms with Crippen molar-refractivity contribution in [1.82, 2.24) is 9.55 Å². The van der Waals surface area contributed by atoms with Gasteiger partial charge in [0, 0.05) is 12.4 Å². The first-order chi connectivity index (χ1) is 10.8. The molecule has 0 radical (unpaired) electrons. The molecule has 0 spiro atoms. The smallest absolute Gasteiger partial charge is 0.0639 e. The van der Waals surface area contributed by atoms with E-state index in [0.717, 1.165) is 5.69 Å². The zero-order chi connectivity index (χ0) is 14.9. The maximum atomic E-state index is 4.22. The van der Waals surface area contributed by atoms with Crippen LogP contribution in [0.4, 0.5) is 0 Å². The van der Waals surface area contributed by atoms with Crippen LogP contribution in [0.2, 0.25) is 0 Å². The Bertz CT molecular complexity index is 936. The third-order valence-electron chi connectivity index (χ3n) is 4.07. The lowest BCUT2D eigenvalue weighted by atomic mass is 10.00. The fourth-order valence-electron chi connectivity index (χ4n) is 2.91. The number of nitrogens with zero attached hydrogens (tertiary/aromatic N) is 2. The van der Waals surface area contributed by atoms with Crippen molar-refractivity contribution < 1.29 is 0 Å². The molecule has 0 aliphatic heterocycles. The van der Waals surface area contributed by atoms with Crippen LogP contribution in [-0.2, 0) is 0 Å². The van der Waals surface area contributed by atoms with Crippen LogP contribution in [0, 0.1) is 6.92 Å². The number of fused-ring (bicyclic) bond motifs is 1. The molecule has 0 saturated carbocycles. The Labute approximate surface area is 129 Å². The summed E-state index contributed by atoms with van der Waals surface area (Å²) in [5.74, 6) is 0. The lowest BCUT2D eigenvalue weighted by Crippen LogP contribution is -1.92. The van der Waals surface area contributed by atoms with Crippen LogP contribution >= 0.6 is 0 Å². The Balaban J connectivity index is 1.92. The zero-order valence-electron chi connectivity index (χ0n) is 12.4. The van der Waals surface area contributed by atoms with Gasteiger partial charge in [-0.2, -0.15) is 0 Å². The number of rotatable bonds is 2. The predicted molar refractivity (Wildman–Crippen MR) is 91.2 cm³/mol. The summed E-state index contributed by atoms with van der Waals surface area (Å²) in [5, 5.41) is 1.24. The minimum Gasteiger partial charge on any atom is -0.315 e. The van der Waals surface area contributed by atoms with Gasteiger partial charge in [-0.15, -0.1) is 0 Å². The summed E-state index contributed by atoms with van der Waals surface area (Å²) in [4.78, 5) is 4.22. The van der Waals surface area contributed by atoms with Gasteiger partial charge in [-0.05, 0) is 53.3 Å². The van der Waals surface area contributed by atoms with Gasteiger partial charge in [-0.1, -0.05) is 36.4 Å². The first kappa shape index (κ1) is 12.8. The summed E-state index contributed by atoms with van der Waals surface area (Å²) in [6.45, 7) is 2.15. The van der Waals surface area contributed by atoms with Gasteiger partial charge in [0.05, 0.1) is 17.4 Å². The number of aryl methyl sites for hydroxylation is 1. The average molecular weight is 284 g/mol. The highest BCUT2D eigenvalue weighted by Crippen LogP contribution is 2.28. The van der Waals surface area contributed by atoms with Crippen LogP contribution in [0.3, 0.4) is 0 Å². The fourth-order valence-corrected chi connectivity index (χ4v) is 2.91. The molecule has 2 aromatic heterocycles.